The second-order valence-corrected chi connectivity index (χ2v) is 4.53. The summed E-state index contributed by atoms with van der Waals surface area (Å²) in [5.41, 5.74) is 1.69. The van der Waals surface area contributed by atoms with Crippen molar-refractivity contribution in [1.29, 1.82) is 0 Å². The van der Waals surface area contributed by atoms with Gasteiger partial charge < -0.3 is 15.5 Å². The molecule has 0 atom stereocenters. The van der Waals surface area contributed by atoms with Gasteiger partial charge in [0.15, 0.2) is 0 Å². The maximum absolute atomic E-state index is 11.7. The lowest BCUT2D eigenvalue weighted by atomic mass is 10.1. The molecule has 0 aliphatic carbocycles. The second-order valence-electron chi connectivity index (χ2n) is 3.67. The normalized spacial score (nSPS) is 10.6. The van der Waals surface area contributed by atoms with E-state index in [1.807, 2.05) is 18.4 Å². The number of hydrogen-bond acceptors (Lipinski definition) is 4. The zero-order valence-electron chi connectivity index (χ0n) is 9.72. The van der Waals surface area contributed by atoms with Crippen LogP contribution in [0.5, 0.6) is 0 Å². The van der Waals surface area contributed by atoms with Gasteiger partial charge in [-0.15, -0.1) is 0 Å². The number of aliphatic hydroxyl groups excluding tert-OH is 2. The Morgan fingerprint density at radius 2 is 1.88 bits per heavy atom. The third kappa shape index (κ3) is 4.38. The van der Waals surface area contributed by atoms with Crippen LogP contribution in [-0.2, 0) is 5.75 Å². The highest BCUT2D eigenvalue weighted by molar-refractivity contribution is 7.97. The van der Waals surface area contributed by atoms with Crippen LogP contribution in [0, 0.1) is 0 Å². The molecule has 0 fully saturated rings. The molecule has 0 aliphatic heterocycles. The van der Waals surface area contributed by atoms with Crippen molar-refractivity contribution < 1.29 is 15.0 Å². The summed E-state index contributed by atoms with van der Waals surface area (Å²) >= 11 is 1.72. The van der Waals surface area contributed by atoms with Gasteiger partial charge in [-0.3, -0.25) is 4.79 Å². The van der Waals surface area contributed by atoms with Crippen LogP contribution < -0.4 is 5.32 Å². The summed E-state index contributed by atoms with van der Waals surface area (Å²) in [6.07, 6.45) is 2.02. The van der Waals surface area contributed by atoms with Gasteiger partial charge >= 0.3 is 0 Å². The van der Waals surface area contributed by atoms with Gasteiger partial charge in [-0.2, -0.15) is 11.8 Å². The zero-order valence-corrected chi connectivity index (χ0v) is 10.5. The third-order valence-electron chi connectivity index (χ3n) is 2.30. The van der Waals surface area contributed by atoms with Crippen molar-refractivity contribution in [3.05, 3.63) is 35.4 Å². The van der Waals surface area contributed by atoms with Crippen LogP contribution in [0.4, 0.5) is 0 Å². The van der Waals surface area contributed by atoms with Gasteiger partial charge in [0, 0.05) is 11.3 Å². The summed E-state index contributed by atoms with van der Waals surface area (Å²) in [6, 6.07) is 6.68. The Morgan fingerprint density at radius 3 is 2.35 bits per heavy atom. The van der Waals surface area contributed by atoms with Gasteiger partial charge in [-0.1, -0.05) is 12.1 Å². The van der Waals surface area contributed by atoms with Crippen LogP contribution in [0.25, 0.3) is 0 Å². The van der Waals surface area contributed by atoms with Crippen molar-refractivity contribution in [3.63, 3.8) is 0 Å². The molecule has 17 heavy (non-hydrogen) atoms. The molecule has 4 nitrogen and oxygen atoms in total. The number of carbonyl (C=O) groups is 1. The highest BCUT2D eigenvalue weighted by atomic mass is 32.2. The van der Waals surface area contributed by atoms with Crippen molar-refractivity contribution in [2.24, 2.45) is 0 Å². The molecule has 1 amide bonds. The first-order valence-corrected chi connectivity index (χ1v) is 6.71. The van der Waals surface area contributed by atoms with E-state index in [4.69, 9.17) is 10.2 Å². The first-order chi connectivity index (χ1) is 8.21. The Bertz CT molecular complexity index is 349. The van der Waals surface area contributed by atoms with Crippen molar-refractivity contribution in [1.82, 2.24) is 5.32 Å². The molecule has 0 bridgehead atoms. The van der Waals surface area contributed by atoms with E-state index in [1.165, 1.54) is 0 Å². The number of hydrogen-bond donors (Lipinski definition) is 3. The molecule has 1 aromatic carbocycles. The standard InChI is InChI=1S/C12H17NO3S/c1-17-8-9-2-4-10(5-3-9)12(16)13-11(6-14)7-15/h2-5,11,14-15H,6-8H2,1H3,(H,13,16). The largest absolute Gasteiger partial charge is 0.394 e. The van der Waals surface area contributed by atoms with Gasteiger partial charge in [0.25, 0.3) is 5.91 Å². The van der Waals surface area contributed by atoms with Gasteiger partial charge in [0.05, 0.1) is 19.3 Å². The van der Waals surface area contributed by atoms with Crippen molar-refractivity contribution in [2.45, 2.75) is 11.8 Å². The lowest BCUT2D eigenvalue weighted by molar-refractivity contribution is 0.0879. The summed E-state index contributed by atoms with van der Waals surface area (Å²) in [6.45, 7) is -0.542. The first kappa shape index (κ1) is 14.0. The molecule has 0 heterocycles. The van der Waals surface area contributed by atoms with E-state index in [1.54, 1.807) is 23.9 Å². The minimum atomic E-state index is -0.603. The van der Waals surface area contributed by atoms with Crippen LogP contribution in [0.1, 0.15) is 15.9 Å². The summed E-state index contributed by atoms with van der Waals surface area (Å²) < 4.78 is 0. The predicted octanol–water partition coefficient (Wildman–Crippen LogP) is 0.633. The predicted molar refractivity (Wildman–Crippen MR) is 69.1 cm³/mol. The smallest absolute Gasteiger partial charge is 0.251 e. The number of thioether (sulfide) groups is 1. The first-order valence-electron chi connectivity index (χ1n) is 5.31. The number of carbonyl (C=O) groups excluding carboxylic acids is 1. The summed E-state index contributed by atoms with van der Waals surface area (Å²) in [4.78, 5) is 11.7. The molecule has 5 heteroatoms. The molecule has 0 spiro atoms. The molecule has 1 rings (SSSR count). The second kappa shape index (κ2) is 7.32. The maximum atomic E-state index is 11.7. The number of benzene rings is 1. The average molecular weight is 255 g/mol. The fourth-order valence-corrected chi connectivity index (χ4v) is 1.86. The van der Waals surface area contributed by atoms with Crippen molar-refractivity contribution >= 4 is 17.7 Å². The van der Waals surface area contributed by atoms with Crippen molar-refractivity contribution in [3.8, 4) is 0 Å². The Kier molecular flexibility index (Phi) is 6.04. The minimum absolute atomic E-state index is 0.271. The van der Waals surface area contributed by atoms with Gasteiger partial charge in [-0.25, -0.2) is 0 Å². The third-order valence-corrected chi connectivity index (χ3v) is 2.93. The molecule has 0 saturated heterocycles. The summed E-state index contributed by atoms with van der Waals surface area (Å²) in [5, 5.41) is 20.3. The number of amides is 1. The Balaban J connectivity index is 2.63. The van der Waals surface area contributed by atoms with E-state index < -0.39 is 6.04 Å². The van der Waals surface area contributed by atoms with Crippen LogP contribution in [0.15, 0.2) is 24.3 Å². The quantitative estimate of drug-likeness (QED) is 0.697. The van der Waals surface area contributed by atoms with E-state index in [-0.39, 0.29) is 19.1 Å². The van der Waals surface area contributed by atoms with Crippen LogP contribution in [-0.4, -0.2) is 41.6 Å². The molecular formula is C12H17NO3S. The van der Waals surface area contributed by atoms with E-state index in [0.29, 0.717) is 5.56 Å². The average Bonchev–Trinajstić information content (AvgIpc) is 2.37. The SMILES string of the molecule is CSCc1ccc(C(=O)NC(CO)CO)cc1. The lowest BCUT2D eigenvalue weighted by Crippen LogP contribution is -2.40. The molecule has 0 radical (unpaired) electrons. The van der Waals surface area contributed by atoms with E-state index in [9.17, 15) is 4.79 Å². The highest BCUT2D eigenvalue weighted by Gasteiger charge is 2.11. The van der Waals surface area contributed by atoms with Gasteiger partial charge in [-0.05, 0) is 24.0 Å². The van der Waals surface area contributed by atoms with Crippen LogP contribution in [0.3, 0.4) is 0 Å². The Morgan fingerprint density at radius 1 is 1.29 bits per heavy atom. The molecule has 0 aromatic heterocycles. The van der Waals surface area contributed by atoms with E-state index in [2.05, 4.69) is 5.32 Å². The highest BCUT2D eigenvalue weighted by Crippen LogP contribution is 2.10. The van der Waals surface area contributed by atoms with E-state index in [0.717, 1.165) is 11.3 Å². The fourth-order valence-electron chi connectivity index (χ4n) is 1.34. The molecule has 1 aromatic rings. The molecular weight excluding hydrogens is 238 g/mol. The maximum Gasteiger partial charge on any atom is 0.251 e. The Hall–Kier alpha value is -1.04. The Labute approximate surface area is 105 Å². The van der Waals surface area contributed by atoms with Gasteiger partial charge in [0.1, 0.15) is 0 Å². The molecule has 0 saturated carbocycles. The summed E-state index contributed by atoms with van der Waals surface area (Å²) in [7, 11) is 0. The van der Waals surface area contributed by atoms with Crippen LogP contribution >= 0.6 is 11.8 Å². The number of rotatable bonds is 6. The monoisotopic (exact) mass is 255 g/mol. The fraction of sp³-hybridized carbons (Fsp3) is 0.417. The molecule has 0 aliphatic rings. The van der Waals surface area contributed by atoms with Crippen LogP contribution in [0.2, 0.25) is 0 Å². The minimum Gasteiger partial charge on any atom is -0.394 e. The number of aliphatic hydroxyl groups is 2. The van der Waals surface area contributed by atoms with Gasteiger partial charge in [0.2, 0.25) is 0 Å². The topological polar surface area (TPSA) is 69.6 Å². The molecule has 94 valence electrons. The lowest BCUT2D eigenvalue weighted by Gasteiger charge is -2.13. The summed E-state index contributed by atoms with van der Waals surface area (Å²) in [5.74, 6) is 0.631. The molecule has 0 unspecified atom stereocenters. The molecule has 3 N–H and O–H groups in total. The van der Waals surface area contributed by atoms with Crippen molar-refractivity contribution in [2.75, 3.05) is 19.5 Å². The zero-order chi connectivity index (χ0) is 12.7. The van der Waals surface area contributed by atoms with E-state index >= 15 is 0 Å². The number of nitrogens with one attached hydrogen (secondary N) is 1.